The topological polar surface area (TPSA) is 21.3 Å². The van der Waals surface area contributed by atoms with Crippen LogP contribution in [0.1, 0.15) is 50.8 Å². The van der Waals surface area contributed by atoms with Gasteiger partial charge in [0.15, 0.2) is 0 Å². The molecule has 1 heterocycles. The van der Waals surface area contributed by atoms with Gasteiger partial charge in [0.2, 0.25) is 0 Å². The van der Waals surface area contributed by atoms with Gasteiger partial charge in [-0.15, -0.1) is 0 Å². The molecule has 1 aliphatic rings. The molecule has 0 bridgehead atoms. The molecule has 1 aromatic carbocycles. The van der Waals surface area contributed by atoms with Crippen LogP contribution < -0.4 is 10.1 Å². The van der Waals surface area contributed by atoms with E-state index in [9.17, 15) is 0 Å². The first-order valence-corrected chi connectivity index (χ1v) is 7.10. The highest BCUT2D eigenvalue weighted by molar-refractivity contribution is 5.40. The average Bonchev–Trinajstić information content (AvgIpc) is 2.29. The van der Waals surface area contributed by atoms with Crippen LogP contribution in [0.15, 0.2) is 18.2 Å². The van der Waals surface area contributed by atoms with Gasteiger partial charge in [0, 0.05) is 18.0 Å². The largest absolute Gasteiger partial charge is 0.490 e. The van der Waals surface area contributed by atoms with E-state index in [-0.39, 0.29) is 0 Å². The molecule has 0 radical (unpaired) electrons. The van der Waals surface area contributed by atoms with Crippen molar-refractivity contribution in [2.75, 3.05) is 6.54 Å². The molecule has 100 valence electrons. The summed E-state index contributed by atoms with van der Waals surface area (Å²) in [4.78, 5) is 0. The van der Waals surface area contributed by atoms with Crippen molar-refractivity contribution in [3.8, 4) is 5.75 Å². The first-order chi connectivity index (χ1) is 8.60. The molecular formula is C16H25NO. The number of fused-ring (bicyclic) bond motifs is 1. The Kier molecular flexibility index (Phi) is 4.28. The van der Waals surface area contributed by atoms with Crippen molar-refractivity contribution in [2.45, 2.75) is 52.7 Å². The lowest BCUT2D eigenvalue weighted by molar-refractivity contribution is 0.128. The van der Waals surface area contributed by atoms with Gasteiger partial charge in [-0.25, -0.2) is 0 Å². The number of rotatable bonds is 4. The molecule has 0 amide bonds. The highest BCUT2D eigenvalue weighted by atomic mass is 16.5. The first-order valence-electron chi connectivity index (χ1n) is 7.10. The van der Waals surface area contributed by atoms with Crippen LogP contribution in [-0.4, -0.2) is 12.6 Å². The molecule has 2 nitrogen and oxygen atoms in total. The molecule has 0 aromatic heterocycles. The molecular weight excluding hydrogens is 222 g/mol. The maximum Gasteiger partial charge on any atom is 0.124 e. The van der Waals surface area contributed by atoms with Crippen molar-refractivity contribution >= 4 is 0 Å². The summed E-state index contributed by atoms with van der Waals surface area (Å²) in [6.45, 7) is 9.84. The molecule has 2 heteroatoms. The second kappa shape index (κ2) is 5.75. The molecule has 1 aromatic rings. The summed E-state index contributed by atoms with van der Waals surface area (Å²) >= 11 is 0. The Morgan fingerprint density at radius 1 is 1.39 bits per heavy atom. The maximum atomic E-state index is 6.13. The van der Waals surface area contributed by atoms with Crippen LogP contribution in [0, 0.1) is 12.8 Å². The summed E-state index contributed by atoms with van der Waals surface area (Å²) in [5.41, 5.74) is 2.64. The molecule has 0 spiro atoms. The second-order valence-corrected chi connectivity index (χ2v) is 5.76. The summed E-state index contributed by atoms with van der Waals surface area (Å²) in [6.07, 6.45) is 2.57. The minimum absolute atomic E-state index is 0.351. The van der Waals surface area contributed by atoms with E-state index >= 15 is 0 Å². The van der Waals surface area contributed by atoms with E-state index in [0.717, 1.165) is 25.1 Å². The van der Waals surface area contributed by atoms with Gasteiger partial charge < -0.3 is 10.1 Å². The minimum Gasteiger partial charge on any atom is -0.490 e. The van der Waals surface area contributed by atoms with Gasteiger partial charge in [-0.1, -0.05) is 38.5 Å². The van der Waals surface area contributed by atoms with Gasteiger partial charge in [-0.2, -0.15) is 0 Å². The summed E-state index contributed by atoms with van der Waals surface area (Å²) in [5.74, 6) is 1.76. The second-order valence-electron chi connectivity index (χ2n) is 5.76. The van der Waals surface area contributed by atoms with Crippen LogP contribution in [0.5, 0.6) is 5.75 Å². The van der Waals surface area contributed by atoms with E-state index in [1.165, 1.54) is 11.1 Å². The zero-order valence-corrected chi connectivity index (χ0v) is 12.0. The molecule has 0 aliphatic carbocycles. The van der Waals surface area contributed by atoms with Gasteiger partial charge >= 0.3 is 0 Å². The number of nitrogens with one attached hydrogen (secondary N) is 1. The minimum atomic E-state index is 0.351. The zero-order chi connectivity index (χ0) is 13.1. The van der Waals surface area contributed by atoms with Crippen molar-refractivity contribution in [3.63, 3.8) is 0 Å². The lowest BCUT2D eigenvalue weighted by Gasteiger charge is -2.33. The summed E-state index contributed by atoms with van der Waals surface area (Å²) in [7, 11) is 0. The van der Waals surface area contributed by atoms with Crippen molar-refractivity contribution in [1.29, 1.82) is 0 Å². The van der Waals surface area contributed by atoms with Crippen LogP contribution in [0.3, 0.4) is 0 Å². The number of hydrogen-bond acceptors (Lipinski definition) is 2. The number of benzene rings is 1. The third kappa shape index (κ3) is 3.05. The van der Waals surface area contributed by atoms with Crippen LogP contribution in [-0.2, 0) is 0 Å². The van der Waals surface area contributed by atoms with Gasteiger partial charge in [0.1, 0.15) is 11.9 Å². The van der Waals surface area contributed by atoms with Crippen LogP contribution in [0.4, 0.5) is 0 Å². The van der Waals surface area contributed by atoms with Gasteiger partial charge in [-0.05, 0) is 31.9 Å². The highest BCUT2D eigenvalue weighted by Gasteiger charge is 2.28. The summed E-state index contributed by atoms with van der Waals surface area (Å²) < 4.78 is 6.13. The molecule has 18 heavy (non-hydrogen) atoms. The molecule has 0 saturated heterocycles. The predicted molar refractivity (Wildman–Crippen MR) is 76.1 cm³/mol. The third-order valence-corrected chi connectivity index (χ3v) is 3.52. The van der Waals surface area contributed by atoms with Crippen LogP contribution >= 0.6 is 0 Å². The Morgan fingerprint density at radius 2 is 2.17 bits per heavy atom. The lowest BCUT2D eigenvalue weighted by atomic mass is 9.91. The van der Waals surface area contributed by atoms with Gasteiger partial charge in [0.25, 0.3) is 0 Å². The molecule has 1 N–H and O–H groups in total. The Hall–Kier alpha value is -1.02. The maximum absolute atomic E-state index is 6.13. The molecule has 0 fully saturated rings. The molecule has 1 aliphatic heterocycles. The third-order valence-electron chi connectivity index (χ3n) is 3.52. The number of hydrogen-bond donors (Lipinski definition) is 1. The fourth-order valence-electron chi connectivity index (χ4n) is 2.77. The number of ether oxygens (including phenoxy) is 1. The molecule has 2 atom stereocenters. The fraction of sp³-hybridized carbons (Fsp3) is 0.625. The van der Waals surface area contributed by atoms with Crippen molar-refractivity contribution in [3.05, 3.63) is 29.3 Å². The van der Waals surface area contributed by atoms with Crippen molar-refractivity contribution in [1.82, 2.24) is 5.32 Å². The van der Waals surface area contributed by atoms with E-state index in [1.807, 2.05) is 0 Å². The Balaban J connectivity index is 2.22. The fourth-order valence-corrected chi connectivity index (χ4v) is 2.77. The SMILES string of the molecule is CCNC1CC(CC(C)C)Oc2ccc(C)cc21. The van der Waals surface area contributed by atoms with Gasteiger partial charge in [0.05, 0.1) is 0 Å². The van der Waals surface area contributed by atoms with Crippen molar-refractivity contribution in [2.24, 2.45) is 5.92 Å². The Morgan fingerprint density at radius 3 is 2.83 bits per heavy atom. The molecule has 2 unspecified atom stereocenters. The Labute approximate surface area is 111 Å². The monoisotopic (exact) mass is 247 g/mol. The van der Waals surface area contributed by atoms with Crippen LogP contribution in [0.2, 0.25) is 0 Å². The van der Waals surface area contributed by atoms with E-state index in [2.05, 4.69) is 51.2 Å². The highest BCUT2D eigenvalue weighted by Crippen LogP contribution is 2.36. The smallest absolute Gasteiger partial charge is 0.124 e. The van der Waals surface area contributed by atoms with Gasteiger partial charge in [-0.3, -0.25) is 0 Å². The van der Waals surface area contributed by atoms with E-state index in [4.69, 9.17) is 4.74 Å². The van der Waals surface area contributed by atoms with Crippen LogP contribution in [0.25, 0.3) is 0 Å². The lowest BCUT2D eigenvalue weighted by Crippen LogP contribution is -2.33. The van der Waals surface area contributed by atoms with E-state index in [1.54, 1.807) is 0 Å². The summed E-state index contributed by atoms with van der Waals surface area (Å²) in [5, 5.41) is 3.59. The van der Waals surface area contributed by atoms with Crippen molar-refractivity contribution < 1.29 is 4.74 Å². The molecule has 2 rings (SSSR count). The summed E-state index contributed by atoms with van der Waals surface area (Å²) in [6, 6.07) is 6.97. The predicted octanol–water partition coefficient (Wildman–Crippen LogP) is 3.84. The average molecular weight is 247 g/mol. The first kappa shape index (κ1) is 13.4. The van der Waals surface area contributed by atoms with E-state index in [0.29, 0.717) is 18.1 Å². The normalized spacial score (nSPS) is 22.7. The standard InChI is InChI=1S/C16H25NO/c1-5-17-15-10-13(8-11(2)3)18-16-7-6-12(4)9-14(15)16/h6-7,9,11,13,15,17H,5,8,10H2,1-4H3. The quantitative estimate of drug-likeness (QED) is 0.872. The number of aryl methyl sites for hydroxylation is 1. The Bertz CT molecular complexity index is 400. The molecule has 0 saturated carbocycles. The van der Waals surface area contributed by atoms with E-state index < -0.39 is 0 Å². The zero-order valence-electron chi connectivity index (χ0n) is 12.0.